The lowest BCUT2D eigenvalue weighted by Crippen LogP contribution is -2.40. The number of rotatable bonds is 4. The lowest BCUT2D eigenvalue weighted by Gasteiger charge is -2.29. The van der Waals surface area contributed by atoms with Crippen LogP contribution in [0.15, 0.2) is 58.8 Å². The van der Waals surface area contributed by atoms with Gasteiger partial charge >= 0.3 is 7.82 Å². The van der Waals surface area contributed by atoms with Crippen LogP contribution in [0.3, 0.4) is 0 Å². The maximum absolute atomic E-state index is 12.0. The highest BCUT2D eigenvalue weighted by molar-refractivity contribution is 7.99. The van der Waals surface area contributed by atoms with Crippen LogP contribution < -0.4 is 5.73 Å². The van der Waals surface area contributed by atoms with Gasteiger partial charge in [-0.2, -0.15) is 0 Å². The molecule has 2 saturated heterocycles. The number of anilines is 1. The van der Waals surface area contributed by atoms with E-state index < -0.39 is 32.4 Å². The topological polar surface area (TPSA) is 144 Å². The molecule has 2 aliphatic rings. The summed E-state index contributed by atoms with van der Waals surface area (Å²) < 4.78 is 36.0. The minimum atomic E-state index is -4.19. The number of imidazole rings is 1. The first-order valence-electron chi connectivity index (χ1n) is 10.4. The van der Waals surface area contributed by atoms with Crippen LogP contribution in [-0.2, 0) is 23.1 Å². The Balaban J connectivity index is 1.45. The number of fused-ring (bicyclic) bond motifs is 3. The molecule has 13 heteroatoms. The van der Waals surface area contributed by atoms with Crippen LogP contribution in [0.4, 0.5) is 5.82 Å². The summed E-state index contributed by atoms with van der Waals surface area (Å²) in [5.74, 6) is 0.230. The Morgan fingerprint density at radius 2 is 2.06 bits per heavy atom. The average molecular weight is 501 g/mol. The van der Waals surface area contributed by atoms with E-state index in [0.717, 1.165) is 15.7 Å². The van der Waals surface area contributed by atoms with Gasteiger partial charge in [0.05, 0.1) is 6.61 Å². The molecule has 0 spiro atoms. The Morgan fingerprint density at radius 1 is 1.24 bits per heavy atom. The van der Waals surface area contributed by atoms with Gasteiger partial charge in [-0.25, -0.2) is 19.5 Å². The third kappa shape index (κ3) is 3.68. The first-order chi connectivity index (χ1) is 16.4. The van der Waals surface area contributed by atoms with Gasteiger partial charge in [-0.05, 0) is 22.9 Å². The van der Waals surface area contributed by atoms with Crippen molar-refractivity contribution in [3.8, 4) is 0 Å². The third-order valence-corrected chi connectivity index (χ3v) is 7.82. The predicted molar refractivity (Wildman–Crippen MR) is 123 cm³/mol. The molecule has 34 heavy (non-hydrogen) atoms. The number of hydrogen-bond acceptors (Lipinski definition) is 10. The number of methoxy groups -OCH3 is 1. The molecule has 3 N–H and O–H groups in total. The molecule has 4 aromatic rings. The number of phosphoric ester groups is 1. The fraction of sp³-hybridized carbons (Fsp3) is 0.286. The minimum Gasteiger partial charge on any atom is -0.382 e. The van der Waals surface area contributed by atoms with Crippen molar-refractivity contribution in [3.63, 3.8) is 0 Å². The van der Waals surface area contributed by atoms with Crippen LogP contribution in [0.2, 0.25) is 0 Å². The van der Waals surface area contributed by atoms with E-state index >= 15 is 0 Å². The number of nitrogen functional groups attached to an aromatic ring is 1. The summed E-state index contributed by atoms with van der Waals surface area (Å²) in [6, 6.07) is 14.2. The third-order valence-electron chi connectivity index (χ3n) is 5.87. The Hall–Kier alpha value is -2.57. The predicted octanol–water partition coefficient (Wildman–Crippen LogP) is 3.14. The number of benzene rings is 2. The van der Waals surface area contributed by atoms with Crippen molar-refractivity contribution >= 4 is 47.3 Å². The fourth-order valence-corrected chi connectivity index (χ4v) is 6.24. The molecule has 1 unspecified atom stereocenters. The molecule has 0 amide bonds. The summed E-state index contributed by atoms with van der Waals surface area (Å²) in [6.45, 7) is -0.105. The van der Waals surface area contributed by atoms with Crippen LogP contribution in [0.1, 0.15) is 6.23 Å². The first-order valence-corrected chi connectivity index (χ1v) is 12.7. The normalized spacial score (nSPS) is 29.0. The van der Waals surface area contributed by atoms with Crippen LogP contribution in [0, 0.1) is 0 Å². The van der Waals surface area contributed by atoms with Gasteiger partial charge in [0.2, 0.25) is 0 Å². The highest BCUT2D eigenvalue weighted by Crippen LogP contribution is 2.53. The minimum absolute atomic E-state index is 0.105. The van der Waals surface area contributed by atoms with Crippen LogP contribution in [-0.4, -0.2) is 56.4 Å². The van der Waals surface area contributed by atoms with Gasteiger partial charge < -0.3 is 20.1 Å². The second-order valence-corrected chi connectivity index (χ2v) is 10.4. The zero-order chi connectivity index (χ0) is 23.4. The summed E-state index contributed by atoms with van der Waals surface area (Å²) in [5, 5.41) is 2.77. The molecule has 0 aliphatic carbocycles. The second-order valence-electron chi connectivity index (χ2n) is 7.91. The van der Waals surface area contributed by atoms with E-state index in [9.17, 15) is 9.46 Å². The van der Waals surface area contributed by atoms with Gasteiger partial charge in [0.25, 0.3) is 0 Å². The number of ether oxygens (including phenoxy) is 2. The Bertz CT molecular complexity index is 1450. The van der Waals surface area contributed by atoms with Crippen molar-refractivity contribution in [1.82, 2.24) is 19.5 Å². The highest BCUT2D eigenvalue weighted by Gasteiger charge is 2.54. The van der Waals surface area contributed by atoms with Gasteiger partial charge in [0.15, 0.2) is 28.4 Å². The standard InChI is InChI=1S/C21H20N5O6PS/c1-29-17-16-14(9-30-33(27,28)32-16)31-20(17)26-19-15(18(22)23-10-24-19)25-21(26)34-13-7-6-11-4-2-3-5-12(11)8-13/h2-8,10,14,16-17,20H,9H2,1H3,(H,27,28)(H2,22,23,24)/t14-,16-,17-,20-/m1/s1. The Labute approximate surface area is 197 Å². The highest BCUT2D eigenvalue weighted by atomic mass is 32.2. The molecule has 2 fully saturated rings. The van der Waals surface area contributed by atoms with Crippen molar-refractivity contribution in [3.05, 3.63) is 48.8 Å². The molecular weight excluding hydrogens is 481 g/mol. The summed E-state index contributed by atoms with van der Waals surface area (Å²) in [6.07, 6.45) is -1.55. The quantitative estimate of drug-likeness (QED) is 0.398. The first kappa shape index (κ1) is 21.9. The van der Waals surface area contributed by atoms with Gasteiger partial charge in [-0.15, -0.1) is 0 Å². The van der Waals surface area contributed by atoms with Crippen molar-refractivity contribution in [2.24, 2.45) is 0 Å². The second kappa shape index (κ2) is 8.28. The zero-order valence-corrected chi connectivity index (χ0v) is 19.6. The molecule has 2 aliphatic heterocycles. The smallest absolute Gasteiger partial charge is 0.382 e. The van der Waals surface area contributed by atoms with Gasteiger partial charge in [-0.1, -0.05) is 42.1 Å². The molecule has 2 aromatic carbocycles. The van der Waals surface area contributed by atoms with E-state index in [2.05, 4.69) is 22.1 Å². The largest absolute Gasteiger partial charge is 0.472 e. The van der Waals surface area contributed by atoms with Gasteiger partial charge in [0.1, 0.15) is 24.6 Å². The number of nitrogens with two attached hydrogens (primary N) is 1. The number of aromatic nitrogens is 4. The lowest BCUT2D eigenvalue weighted by molar-refractivity contribution is -0.0690. The molecule has 0 bridgehead atoms. The number of phosphoric acid groups is 1. The molecule has 176 valence electrons. The van der Waals surface area contributed by atoms with E-state index in [1.54, 1.807) is 4.57 Å². The molecular formula is C21H20N5O6PS. The van der Waals surface area contributed by atoms with Crippen molar-refractivity contribution in [1.29, 1.82) is 0 Å². The van der Waals surface area contributed by atoms with Crippen LogP contribution in [0.25, 0.3) is 21.9 Å². The molecule has 4 heterocycles. The fourth-order valence-electron chi connectivity index (χ4n) is 4.32. The summed E-state index contributed by atoms with van der Waals surface area (Å²) >= 11 is 1.41. The van der Waals surface area contributed by atoms with Crippen LogP contribution in [0.5, 0.6) is 0 Å². The summed E-state index contributed by atoms with van der Waals surface area (Å²) in [5.41, 5.74) is 6.98. The van der Waals surface area contributed by atoms with Gasteiger partial charge in [-0.3, -0.25) is 13.6 Å². The summed E-state index contributed by atoms with van der Waals surface area (Å²) in [4.78, 5) is 24.0. The van der Waals surface area contributed by atoms with Gasteiger partial charge in [0, 0.05) is 12.0 Å². The molecule has 6 rings (SSSR count). The monoisotopic (exact) mass is 501 g/mol. The lowest BCUT2D eigenvalue weighted by atomic mass is 10.1. The Kier molecular flexibility index (Phi) is 5.34. The van der Waals surface area contributed by atoms with Crippen molar-refractivity contribution in [2.45, 2.75) is 34.6 Å². The van der Waals surface area contributed by atoms with E-state index in [1.807, 2.05) is 30.3 Å². The SMILES string of the molecule is CO[C@@H]1[C@@H]2OP(=O)(O)OC[C@H]2O[C@H]1n1c(Sc2ccc3ccccc3c2)nc2c(N)ncnc21. The zero-order valence-electron chi connectivity index (χ0n) is 17.8. The van der Waals surface area contributed by atoms with E-state index in [1.165, 1.54) is 25.2 Å². The van der Waals surface area contributed by atoms with E-state index in [0.29, 0.717) is 16.3 Å². The van der Waals surface area contributed by atoms with E-state index in [4.69, 9.17) is 29.2 Å². The molecule has 5 atom stereocenters. The maximum atomic E-state index is 12.0. The summed E-state index contributed by atoms with van der Waals surface area (Å²) in [7, 11) is -2.70. The average Bonchev–Trinajstić information content (AvgIpc) is 3.36. The van der Waals surface area contributed by atoms with E-state index in [-0.39, 0.29) is 12.4 Å². The maximum Gasteiger partial charge on any atom is 0.472 e. The van der Waals surface area contributed by atoms with Crippen molar-refractivity contribution < 1.29 is 28.0 Å². The molecule has 2 aromatic heterocycles. The molecule has 11 nitrogen and oxygen atoms in total. The Morgan fingerprint density at radius 3 is 2.88 bits per heavy atom. The number of nitrogens with zero attached hydrogens (tertiary/aromatic N) is 4. The molecule has 0 saturated carbocycles. The van der Waals surface area contributed by atoms with Crippen molar-refractivity contribution in [2.75, 3.05) is 19.5 Å². The number of hydrogen-bond donors (Lipinski definition) is 2. The molecule has 0 radical (unpaired) electrons. The van der Waals surface area contributed by atoms with Crippen LogP contribution >= 0.6 is 19.6 Å².